The molecule has 6 nitrogen and oxygen atoms in total. The first-order valence-corrected chi connectivity index (χ1v) is 8.13. The molecular weight excluding hydrogens is 387 g/mol. The van der Waals surface area contributed by atoms with Crippen molar-refractivity contribution in [1.82, 2.24) is 9.97 Å². The maximum absolute atomic E-state index is 13.3. The molecule has 1 heterocycles. The van der Waals surface area contributed by atoms with E-state index >= 15 is 0 Å². The van der Waals surface area contributed by atoms with Gasteiger partial charge in [0.15, 0.2) is 0 Å². The molecule has 112 valence electrons. The Bertz CT molecular complexity index is 796. The van der Waals surface area contributed by atoms with Crippen LogP contribution in [0.3, 0.4) is 0 Å². The largest absolute Gasteiger partial charge is 0.398 e. The van der Waals surface area contributed by atoms with Crippen molar-refractivity contribution in [2.24, 2.45) is 0 Å². The summed E-state index contributed by atoms with van der Waals surface area (Å²) in [5, 5.41) is 0.0912. The molecule has 2 aromatic rings. The average molecular weight is 396 g/mol. The molecule has 0 aliphatic carbocycles. The summed E-state index contributed by atoms with van der Waals surface area (Å²) >= 11 is 8.64. The van der Waals surface area contributed by atoms with Gasteiger partial charge in [0.2, 0.25) is 5.95 Å². The Labute approximate surface area is 133 Å². The first kappa shape index (κ1) is 15.9. The SMILES string of the molecule is Cc1cc(Cl)nc(NS(=O)(=O)c2cc(Br)c(F)cc2N)n1. The molecule has 0 fully saturated rings. The molecule has 10 heteroatoms. The standard InChI is InChI=1S/C11H9BrClFN4O2S/c1-5-2-10(13)17-11(16-5)18-21(19,20)9-3-6(12)7(14)4-8(9)15/h2-4H,15H2,1H3,(H,16,17,18). The molecule has 0 bridgehead atoms. The third-order valence-electron chi connectivity index (χ3n) is 2.39. The molecule has 1 aromatic carbocycles. The molecule has 0 amide bonds. The molecule has 0 saturated carbocycles. The van der Waals surface area contributed by atoms with Crippen molar-refractivity contribution in [3.05, 3.63) is 39.3 Å². The Morgan fingerprint density at radius 3 is 2.62 bits per heavy atom. The predicted octanol–water partition coefficient (Wildman–Crippen LogP) is 2.72. The van der Waals surface area contributed by atoms with E-state index in [-0.39, 0.29) is 26.2 Å². The van der Waals surface area contributed by atoms with E-state index in [2.05, 4.69) is 30.6 Å². The Kier molecular flexibility index (Phi) is 4.35. The number of nitrogen functional groups attached to an aromatic ring is 1. The molecule has 0 spiro atoms. The van der Waals surface area contributed by atoms with Gasteiger partial charge in [0.1, 0.15) is 15.9 Å². The van der Waals surface area contributed by atoms with Crippen molar-refractivity contribution in [3.63, 3.8) is 0 Å². The first-order chi connectivity index (χ1) is 9.69. The maximum Gasteiger partial charge on any atom is 0.266 e. The fourth-order valence-electron chi connectivity index (χ4n) is 1.53. The number of hydrogen-bond donors (Lipinski definition) is 2. The second kappa shape index (κ2) is 5.74. The van der Waals surface area contributed by atoms with Gasteiger partial charge in [0, 0.05) is 5.69 Å². The van der Waals surface area contributed by atoms with E-state index in [0.717, 1.165) is 12.1 Å². The lowest BCUT2D eigenvalue weighted by atomic mass is 10.3. The molecule has 21 heavy (non-hydrogen) atoms. The smallest absolute Gasteiger partial charge is 0.266 e. The number of sulfonamides is 1. The van der Waals surface area contributed by atoms with Gasteiger partial charge in [-0.1, -0.05) is 11.6 Å². The molecule has 1 aromatic heterocycles. The fraction of sp³-hybridized carbons (Fsp3) is 0.0909. The summed E-state index contributed by atoms with van der Waals surface area (Å²) in [7, 11) is -4.07. The van der Waals surface area contributed by atoms with Crippen LogP contribution in [0.5, 0.6) is 0 Å². The van der Waals surface area contributed by atoms with Crippen LogP contribution < -0.4 is 10.5 Å². The number of benzene rings is 1. The monoisotopic (exact) mass is 394 g/mol. The molecule has 0 unspecified atom stereocenters. The van der Waals surface area contributed by atoms with E-state index in [0.29, 0.717) is 5.69 Å². The highest BCUT2D eigenvalue weighted by Gasteiger charge is 2.21. The van der Waals surface area contributed by atoms with E-state index in [1.807, 2.05) is 0 Å². The van der Waals surface area contributed by atoms with Crippen molar-refractivity contribution >= 4 is 49.2 Å². The summed E-state index contributed by atoms with van der Waals surface area (Å²) in [6.07, 6.45) is 0. The van der Waals surface area contributed by atoms with Crippen LogP contribution in [-0.4, -0.2) is 18.4 Å². The maximum atomic E-state index is 13.3. The molecule has 0 radical (unpaired) electrons. The fourth-order valence-corrected chi connectivity index (χ4v) is 3.34. The third kappa shape index (κ3) is 3.60. The van der Waals surface area contributed by atoms with Gasteiger partial charge < -0.3 is 5.73 Å². The highest BCUT2D eigenvalue weighted by Crippen LogP contribution is 2.27. The lowest BCUT2D eigenvalue weighted by Crippen LogP contribution is -2.17. The number of hydrogen-bond acceptors (Lipinski definition) is 5. The van der Waals surface area contributed by atoms with Gasteiger partial charge in [0.05, 0.1) is 10.2 Å². The summed E-state index contributed by atoms with van der Waals surface area (Å²) in [6.45, 7) is 1.63. The lowest BCUT2D eigenvalue weighted by molar-refractivity contribution is 0.599. The highest BCUT2D eigenvalue weighted by molar-refractivity contribution is 9.10. The van der Waals surface area contributed by atoms with Crippen molar-refractivity contribution in [2.45, 2.75) is 11.8 Å². The van der Waals surface area contributed by atoms with E-state index < -0.39 is 15.8 Å². The van der Waals surface area contributed by atoms with Gasteiger partial charge in [-0.2, -0.15) is 0 Å². The van der Waals surface area contributed by atoms with Gasteiger partial charge >= 0.3 is 0 Å². The minimum absolute atomic E-state index is 0.0275. The Morgan fingerprint density at radius 1 is 1.33 bits per heavy atom. The zero-order chi connectivity index (χ0) is 15.8. The van der Waals surface area contributed by atoms with E-state index in [1.54, 1.807) is 6.92 Å². The number of anilines is 2. The van der Waals surface area contributed by atoms with Gasteiger partial charge in [-0.25, -0.2) is 27.5 Å². The Morgan fingerprint density at radius 2 is 2.00 bits per heavy atom. The Hall–Kier alpha value is -1.45. The quantitative estimate of drug-likeness (QED) is 0.615. The van der Waals surface area contributed by atoms with Crippen LogP contribution in [0, 0.1) is 12.7 Å². The summed E-state index contributed by atoms with van der Waals surface area (Å²) in [4.78, 5) is 7.36. The highest BCUT2D eigenvalue weighted by atomic mass is 79.9. The van der Waals surface area contributed by atoms with Gasteiger partial charge in [-0.15, -0.1) is 0 Å². The van der Waals surface area contributed by atoms with E-state index in [9.17, 15) is 12.8 Å². The van der Waals surface area contributed by atoms with Crippen LogP contribution in [0.1, 0.15) is 5.69 Å². The first-order valence-electron chi connectivity index (χ1n) is 5.47. The number of rotatable bonds is 3. The third-order valence-corrected chi connectivity index (χ3v) is 4.58. The second-order valence-electron chi connectivity index (χ2n) is 4.07. The Balaban J connectivity index is 2.45. The topological polar surface area (TPSA) is 98.0 Å². The van der Waals surface area contributed by atoms with Crippen LogP contribution >= 0.6 is 27.5 Å². The molecular formula is C11H9BrClFN4O2S. The summed E-state index contributed by atoms with van der Waals surface area (Å²) in [5.41, 5.74) is 5.80. The van der Waals surface area contributed by atoms with Gasteiger partial charge in [-0.05, 0) is 41.1 Å². The zero-order valence-corrected chi connectivity index (χ0v) is 13.7. The van der Waals surface area contributed by atoms with E-state index in [4.69, 9.17) is 17.3 Å². The molecule has 0 atom stereocenters. The van der Waals surface area contributed by atoms with Crippen LogP contribution in [0.25, 0.3) is 0 Å². The number of aryl methyl sites for hydroxylation is 1. The number of nitrogens with one attached hydrogen (secondary N) is 1. The minimum Gasteiger partial charge on any atom is -0.398 e. The molecule has 0 aliphatic rings. The van der Waals surface area contributed by atoms with Crippen LogP contribution in [0.15, 0.2) is 27.6 Å². The van der Waals surface area contributed by atoms with Gasteiger partial charge in [-0.3, -0.25) is 0 Å². The summed E-state index contributed by atoms with van der Waals surface area (Å²) in [6, 6.07) is 3.44. The zero-order valence-electron chi connectivity index (χ0n) is 10.6. The number of halogens is 3. The normalized spacial score (nSPS) is 11.4. The average Bonchev–Trinajstić information content (AvgIpc) is 2.31. The molecule has 2 rings (SSSR count). The predicted molar refractivity (Wildman–Crippen MR) is 81.1 cm³/mol. The summed E-state index contributed by atoms with van der Waals surface area (Å²) < 4.78 is 39.9. The van der Waals surface area contributed by atoms with Gasteiger partial charge in [0.25, 0.3) is 10.0 Å². The van der Waals surface area contributed by atoms with Crippen LogP contribution in [0.2, 0.25) is 5.15 Å². The van der Waals surface area contributed by atoms with Crippen molar-refractivity contribution in [1.29, 1.82) is 0 Å². The molecule has 0 aliphatic heterocycles. The van der Waals surface area contributed by atoms with Crippen LogP contribution in [-0.2, 0) is 10.0 Å². The van der Waals surface area contributed by atoms with Crippen LogP contribution in [0.4, 0.5) is 16.0 Å². The number of nitrogens with two attached hydrogens (primary N) is 1. The molecule has 3 N–H and O–H groups in total. The van der Waals surface area contributed by atoms with E-state index in [1.165, 1.54) is 6.07 Å². The lowest BCUT2D eigenvalue weighted by Gasteiger charge is -2.10. The number of nitrogens with zero attached hydrogens (tertiary/aromatic N) is 2. The van der Waals surface area contributed by atoms with Crippen molar-refractivity contribution < 1.29 is 12.8 Å². The molecule has 0 saturated heterocycles. The van der Waals surface area contributed by atoms with Crippen molar-refractivity contribution in [2.75, 3.05) is 10.5 Å². The summed E-state index contributed by atoms with van der Waals surface area (Å²) in [5.74, 6) is -0.860. The minimum atomic E-state index is -4.07. The second-order valence-corrected chi connectivity index (χ2v) is 6.96. The van der Waals surface area contributed by atoms with Crippen molar-refractivity contribution in [3.8, 4) is 0 Å². The number of aromatic nitrogens is 2.